The van der Waals surface area contributed by atoms with Gasteiger partial charge in [-0.1, -0.05) is 12.1 Å². The predicted octanol–water partition coefficient (Wildman–Crippen LogP) is -0.900. The Morgan fingerprint density at radius 1 is 1.14 bits per heavy atom. The Morgan fingerprint density at radius 2 is 1.95 bits per heavy atom. The van der Waals surface area contributed by atoms with Crippen LogP contribution in [-0.4, -0.2) is 32.7 Å². The van der Waals surface area contributed by atoms with Crippen LogP contribution in [0, 0.1) is 0 Å². The highest BCUT2D eigenvalue weighted by Gasteiger charge is 2.20. The maximum Gasteiger partial charge on any atom is 0.509 e. The van der Waals surface area contributed by atoms with E-state index in [1.807, 2.05) is 12.1 Å². The third-order valence-electron chi connectivity index (χ3n) is 3.58. The second-order valence-corrected chi connectivity index (χ2v) is 5.04. The van der Waals surface area contributed by atoms with Crippen molar-refractivity contribution in [3.63, 3.8) is 0 Å². The molecule has 0 unspecified atom stereocenters. The number of hydrogen-bond acceptors (Lipinski definition) is 5. The van der Waals surface area contributed by atoms with Crippen LogP contribution in [0.2, 0.25) is 0 Å². The van der Waals surface area contributed by atoms with Crippen LogP contribution >= 0.6 is 0 Å². The largest absolute Gasteiger partial charge is 0.509 e. The van der Waals surface area contributed by atoms with Gasteiger partial charge in [-0.2, -0.15) is 5.10 Å². The van der Waals surface area contributed by atoms with E-state index in [1.54, 1.807) is 6.07 Å². The molecule has 0 saturated heterocycles. The van der Waals surface area contributed by atoms with E-state index in [9.17, 15) is 9.59 Å². The van der Waals surface area contributed by atoms with Crippen molar-refractivity contribution < 1.29 is 14.8 Å². The fourth-order valence-electron chi connectivity index (χ4n) is 2.47. The van der Waals surface area contributed by atoms with Gasteiger partial charge < -0.3 is 10.0 Å². The second-order valence-electron chi connectivity index (χ2n) is 5.04. The van der Waals surface area contributed by atoms with Gasteiger partial charge in [0, 0.05) is 18.1 Å². The molecule has 21 heavy (non-hydrogen) atoms. The highest BCUT2D eigenvalue weighted by atomic mass is 16.4. The minimum atomic E-state index is -1.72. The average Bonchev–Trinajstić information content (AvgIpc) is 2.82. The third kappa shape index (κ3) is 2.65. The van der Waals surface area contributed by atoms with Gasteiger partial charge in [-0.05, 0) is 29.7 Å². The number of rotatable bonds is 3. The first kappa shape index (κ1) is 13.7. The van der Waals surface area contributed by atoms with Gasteiger partial charge in [0.05, 0.1) is 12.1 Å². The van der Waals surface area contributed by atoms with Gasteiger partial charge in [0.1, 0.15) is 0 Å². The molecule has 1 aromatic heterocycles. The first-order valence-electron chi connectivity index (χ1n) is 6.64. The van der Waals surface area contributed by atoms with Gasteiger partial charge >= 0.3 is 7.12 Å². The zero-order valence-corrected chi connectivity index (χ0v) is 11.2. The van der Waals surface area contributed by atoms with Gasteiger partial charge in [-0.25, -0.2) is 4.68 Å². The molecule has 2 N–H and O–H groups in total. The molecule has 1 aliphatic carbocycles. The molecule has 0 bridgehead atoms. The lowest BCUT2D eigenvalue weighted by Crippen LogP contribution is -2.39. The fraction of sp³-hybridized carbons (Fsp3) is 0.214. The molecule has 0 atom stereocenters. The fourth-order valence-corrected chi connectivity index (χ4v) is 2.47. The molecule has 3 rings (SSSR count). The van der Waals surface area contributed by atoms with Crippen molar-refractivity contribution in [2.24, 2.45) is 0 Å². The summed E-state index contributed by atoms with van der Waals surface area (Å²) in [6.07, 6.45) is 1.29. The Balaban J connectivity index is 1.94. The summed E-state index contributed by atoms with van der Waals surface area (Å²) in [4.78, 5) is 23.5. The van der Waals surface area contributed by atoms with Crippen molar-refractivity contribution in [2.75, 3.05) is 0 Å². The van der Waals surface area contributed by atoms with Crippen molar-refractivity contribution in [3.05, 3.63) is 57.4 Å². The highest BCUT2D eigenvalue weighted by molar-refractivity contribution is 6.57. The summed E-state index contributed by atoms with van der Waals surface area (Å²) in [5.41, 5.74) is 2.18. The molecule has 1 heterocycles. The van der Waals surface area contributed by atoms with Crippen LogP contribution in [0.1, 0.15) is 27.9 Å². The molecule has 1 aliphatic rings. The van der Waals surface area contributed by atoms with Crippen LogP contribution in [-0.2, 0) is 13.0 Å². The zero-order valence-electron chi connectivity index (χ0n) is 11.2. The van der Waals surface area contributed by atoms with Gasteiger partial charge in [0.25, 0.3) is 5.56 Å². The lowest BCUT2D eigenvalue weighted by molar-refractivity contribution is 0.0994. The number of benzene rings is 1. The summed E-state index contributed by atoms with van der Waals surface area (Å²) < 4.78 is 1.15. The number of carbonyl (C=O) groups is 1. The zero-order chi connectivity index (χ0) is 15.0. The normalized spacial score (nSPS) is 13.3. The monoisotopic (exact) mass is 284 g/mol. The first-order chi connectivity index (χ1) is 10.0. The molecule has 0 radical (unpaired) electrons. The summed E-state index contributed by atoms with van der Waals surface area (Å²) in [5, 5.41) is 22.1. The Morgan fingerprint density at radius 3 is 2.71 bits per heavy atom. The van der Waals surface area contributed by atoms with Crippen molar-refractivity contribution in [1.82, 2.24) is 9.78 Å². The molecule has 0 aliphatic heterocycles. The van der Waals surface area contributed by atoms with Gasteiger partial charge in [-0.3, -0.25) is 9.59 Å². The topological polar surface area (TPSA) is 92.4 Å². The Hall–Kier alpha value is -2.25. The van der Waals surface area contributed by atoms with Crippen LogP contribution in [0.5, 0.6) is 0 Å². The number of ketones is 1. The van der Waals surface area contributed by atoms with Crippen LogP contribution in [0.3, 0.4) is 0 Å². The summed E-state index contributed by atoms with van der Waals surface area (Å²) in [6, 6.07) is 8.04. The van der Waals surface area contributed by atoms with Gasteiger partial charge in [0.2, 0.25) is 0 Å². The number of fused-ring (bicyclic) bond motifs is 1. The average molecular weight is 284 g/mol. The predicted molar refractivity (Wildman–Crippen MR) is 76.5 cm³/mol. The summed E-state index contributed by atoms with van der Waals surface area (Å²) in [7, 11) is -1.72. The van der Waals surface area contributed by atoms with E-state index >= 15 is 0 Å². The Bertz CT molecular complexity index is 770. The van der Waals surface area contributed by atoms with Crippen molar-refractivity contribution in [1.29, 1.82) is 0 Å². The SMILES string of the molecule is O=C1CCc2ccc(Cn3nc(B(O)O)ccc3=O)cc21. The number of aryl methyl sites for hydroxylation is 1. The van der Waals surface area contributed by atoms with E-state index < -0.39 is 7.12 Å². The molecule has 0 amide bonds. The molecule has 2 aromatic rings. The Labute approximate surface area is 120 Å². The Kier molecular flexibility index (Phi) is 3.44. The van der Waals surface area contributed by atoms with Crippen LogP contribution in [0.15, 0.2) is 35.1 Å². The smallest absolute Gasteiger partial charge is 0.422 e. The number of hydrogen-bond donors (Lipinski definition) is 2. The molecule has 7 heteroatoms. The van der Waals surface area contributed by atoms with E-state index in [1.165, 1.54) is 12.1 Å². The molecular formula is C14H13BN2O4. The van der Waals surface area contributed by atoms with Crippen molar-refractivity contribution in [3.8, 4) is 0 Å². The quantitative estimate of drug-likeness (QED) is 0.713. The van der Waals surface area contributed by atoms with Crippen LogP contribution in [0.4, 0.5) is 0 Å². The molecule has 6 nitrogen and oxygen atoms in total. The van der Waals surface area contributed by atoms with Crippen molar-refractivity contribution in [2.45, 2.75) is 19.4 Å². The molecule has 0 spiro atoms. The van der Waals surface area contributed by atoms with E-state index in [4.69, 9.17) is 10.0 Å². The maximum atomic E-state index is 11.8. The summed E-state index contributed by atoms with van der Waals surface area (Å²) in [5.74, 6) is 0.117. The van der Waals surface area contributed by atoms with E-state index in [0.29, 0.717) is 12.0 Å². The molecule has 106 valence electrons. The van der Waals surface area contributed by atoms with Crippen LogP contribution in [0.25, 0.3) is 0 Å². The summed E-state index contributed by atoms with van der Waals surface area (Å²) >= 11 is 0. The maximum absolute atomic E-state index is 11.8. The lowest BCUT2D eigenvalue weighted by Gasteiger charge is -2.08. The van der Waals surface area contributed by atoms with Gasteiger partial charge in [0.15, 0.2) is 5.78 Å². The van der Waals surface area contributed by atoms with Gasteiger partial charge in [-0.15, -0.1) is 0 Å². The molecule has 0 saturated carbocycles. The number of aromatic nitrogens is 2. The number of nitrogens with zero attached hydrogens (tertiary/aromatic N) is 2. The van der Waals surface area contributed by atoms with E-state index in [2.05, 4.69) is 5.10 Å². The highest BCUT2D eigenvalue weighted by Crippen LogP contribution is 2.23. The lowest BCUT2D eigenvalue weighted by atomic mass is 9.86. The molecule has 0 fully saturated rings. The van der Waals surface area contributed by atoms with E-state index in [0.717, 1.165) is 22.2 Å². The minimum absolute atomic E-state index is 0.00633. The third-order valence-corrected chi connectivity index (χ3v) is 3.58. The number of carbonyl (C=O) groups excluding carboxylic acids is 1. The van der Waals surface area contributed by atoms with Crippen molar-refractivity contribution >= 4 is 18.5 Å². The molecular weight excluding hydrogens is 271 g/mol. The molecule has 1 aromatic carbocycles. The number of Topliss-reactive ketones (excluding diaryl/α,β-unsaturated/α-hetero) is 1. The minimum Gasteiger partial charge on any atom is -0.422 e. The first-order valence-corrected chi connectivity index (χ1v) is 6.64. The second kappa shape index (κ2) is 5.27. The summed E-state index contributed by atoms with van der Waals surface area (Å²) in [6.45, 7) is 0.181. The standard InChI is InChI=1S/C14H13BN2O4/c18-12-4-3-10-2-1-9(7-11(10)12)8-17-14(19)6-5-13(16-17)15(20)21/h1-2,5-7,20-21H,3-4,8H2. The van der Waals surface area contributed by atoms with Crippen LogP contribution < -0.4 is 11.2 Å². The van der Waals surface area contributed by atoms with E-state index in [-0.39, 0.29) is 23.5 Å².